The molecule has 3 rings (SSSR count). The predicted octanol–water partition coefficient (Wildman–Crippen LogP) is 5.68. The van der Waals surface area contributed by atoms with E-state index in [0.717, 1.165) is 23.1 Å². The van der Waals surface area contributed by atoms with Crippen LogP contribution in [0.5, 0.6) is 0 Å². The number of amides is 1. The van der Waals surface area contributed by atoms with Crippen molar-refractivity contribution in [2.45, 2.75) is 39.5 Å². The molecular formula is C23H27ClN2O. The topological polar surface area (TPSA) is 44.9 Å². The van der Waals surface area contributed by atoms with E-state index < -0.39 is 0 Å². The van der Waals surface area contributed by atoms with E-state index in [9.17, 15) is 4.79 Å². The summed E-state index contributed by atoms with van der Waals surface area (Å²) in [7, 11) is 0. The van der Waals surface area contributed by atoms with Crippen LogP contribution in [0.25, 0.3) is 10.9 Å². The molecule has 2 N–H and O–H groups in total. The third kappa shape index (κ3) is 4.54. The van der Waals surface area contributed by atoms with Gasteiger partial charge in [-0.1, -0.05) is 62.7 Å². The van der Waals surface area contributed by atoms with Gasteiger partial charge in [0.2, 0.25) is 5.91 Å². The van der Waals surface area contributed by atoms with Gasteiger partial charge in [-0.25, -0.2) is 0 Å². The fourth-order valence-corrected chi connectivity index (χ4v) is 3.63. The number of hydrogen-bond donors (Lipinski definition) is 2. The quantitative estimate of drug-likeness (QED) is 0.542. The van der Waals surface area contributed by atoms with Crippen molar-refractivity contribution in [1.82, 2.24) is 10.3 Å². The molecule has 4 heteroatoms. The molecule has 1 unspecified atom stereocenters. The molecule has 3 nitrogen and oxygen atoms in total. The number of nitrogens with one attached hydrogen (secondary N) is 2. The number of aromatic nitrogens is 1. The molecule has 0 radical (unpaired) electrons. The van der Waals surface area contributed by atoms with Crippen LogP contribution in [0.3, 0.4) is 0 Å². The number of aromatic amines is 1. The monoisotopic (exact) mass is 382 g/mol. The first kappa shape index (κ1) is 19.5. The Hall–Kier alpha value is -2.26. The number of hydrogen-bond acceptors (Lipinski definition) is 1. The van der Waals surface area contributed by atoms with Crippen LogP contribution in [0.4, 0.5) is 0 Å². The zero-order valence-corrected chi connectivity index (χ0v) is 16.9. The molecule has 0 aliphatic heterocycles. The van der Waals surface area contributed by atoms with Crippen molar-refractivity contribution in [2.75, 3.05) is 6.54 Å². The lowest BCUT2D eigenvalue weighted by Gasteiger charge is -2.18. The van der Waals surface area contributed by atoms with Gasteiger partial charge in [0.05, 0.1) is 0 Å². The highest BCUT2D eigenvalue weighted by Crippen LogP contribution is 2.35. The maximum atomic E-state index is 12.6. The van der Waals surface area contributed by atoms with E-state index in [1.807, 2.05) is 24.3 Å². The van der Waals surface area contributed by atoms with Gasteiger partial charge >= 0.3 is 0 Å². The molecule has 27 heavy (non-hydrogen) atoms. The molecule has 1 amide bonds. The Balaban J connectivity index is 1.99. The molecule has 1 aromatic heterocycles. The van der Waals surface area contributed by atoms with Crippen LogP contribution >= 0.6 is 11.6 Å². The minimum Gasteiger partial charge on any atom is -0.361 e. The second-order valence-electron chi connectivity index (χ2n) is 7.44. The normalized spacial score (nSPS) is 12.5. The standard InChI is InChI=1S/C23H27ClN2O/c1-4-16-6-5-7-19-21(14-26-23(16)19)20(12-22(27)25-13-15(2)3)17-8-10-18(24)11-9-17/h5-11,14-15,20,26H,4,12-13H2,1-3H3,(H,25,27). The van der Waals surface area contributed by atoms with Crippen LogP contribution < -0.4 is 5.32 Å². The van der Waals surface area contributed by atoms with Crippen molar-refractivity contribution in [2.24, 2.45) is 5.92 Å². The van der Waals surface area contributed by atoms with Crippen molar-refractivity contribution < 1.29 is 4.79 Å². The number of fused-ring (bicyclic) bond motifs is 1. The van der Waals surface area contributed by atoms with E-state index in [-0.39, 0.29) is 11.8 Å². The molecule has 1 heterocycles. The number of benzene rings is 2. The molecule has 0 saturated carbocycles. The molecule has 0 aliphatic carbocycles. The summed E-state index contributed by atoms with van der Waals surface area (Å²) in [5.41, 5.74) is 4.71. The number of H-pyrrole nitrogens is 1. The number of carbonyl (C=O) groups is 1. The Labute approximate surface area is 166 Å². The minimum absolute atomic E-state index is 0.0183. The first-order valence-electron chi connectivity index (χ1n) is 9.60. The highest BCUT2D eigenvalue weighted by Gasteiger charge is 2.22. The highest BCUT2D eigenvalue weighted by molar-refractivity contribution is 6.30. The van der Waals surface area contributed by atoms with Crippen molar-refractivity contribution in [1.29, 1.82) is 0 Å². The Morgan fingerprint density at radius 2 is 1.89 bits per heavy atom. The molecule has 142 valence electrons. The van der Waals surface area contributed by atoms with Crippen molar-refractivity contribution >= 4 is 28.4 Å². The molecule has 0 bridgehead atoms. The van der Waals surface area contributed by atoms with E-state index in [1.54, 1.807) is 0 Å². The second kappa shape index (κ2) is 8.62. The minimum atomic E-state index is -0.0183. The fraction of sp³-hybridized carbons (Fsp3) is 0.348. The summed E-state index contributed by atoms with van der Waals surface area (Å²) >= 11 is 6.08. The maximum absolute atomic E-state index is 12.6. The number of halogens is 1. The first-order valence-corrected chi connectivity index (χ1v) is 9.98. The number of para-hydroxylation sites is 1. The third-order valence-electron chi connectivity index (χ3n) is 4.96. The lowest BCUT2D eigenvalue weighted by molar-refractivity contribution is -0.121. The molecule has 0 spiro atoms. The van der Waals surface area contributed by atoms with Gasteiger partial charge in [-0.2, -0.15) is 0 Å². The predicted molar refractivity (Wildman–Crippen MR) is 113 cm³/mol. The second-order valence-corrected chi connectivity index (χ2v) is 7.88. The van der Waals surface area contributed by atoms with Gasteiger partial charge in [-0.05, 0) is 41.2 Å². The van der Waals surface area contributed by atoms with E-state index >= 15 is 0 Å². The Bertz CT molecular complexity index is 912. The van der Waals surface area contributed by atoms with Crippen LogP contribution in [0.1, 0.15) is 49.8 Å². The zero-order valence-electron chi connectivity index (χ0n) is 16.2. The molecule has 2 aromatic carbocycles. The summed E-state index contributed by atoms with van der Waals surface area (Å²) in [4.78, 5) is 16.0. The zero-order chi connectivity index (χ0) is 19.4. The maximum Gasteiger partial charge on any atom is 0.220 e. The lowest BCUT2D eigenvalue weighted by Crippen LogP contribution is -2.28. The van der Waals surface area contributed by atoms with E-state index in [1.165, 1.54) is 10.9 Å². The van der Waals surface area contributed by atoms with E-state index in [4.69, 9.17) is 11.6 Å². The van der Waals surface area contributed by atoms with Gasteiger partial charge in [0.1, 0.15) is 0 Å². The molecule has 0 saturated heterocycles. The van der Waals surface area contributed by atoms with Crippen LogP contribution in [0, 0.1) is 5.92 Å². The molecule has 0 fully saturated rings. The van der Waals surface area contributed by atoms with Gasteiger partial charge in [0, 0.05) is 41.0 Å². The van der Waals surface area contributed by atoms with Gasteiger partial charge in [0.25, 0.3) is 0 Å². The fourth-order valence-electron chi connectivity index (χ4n) is 3.50. The van der Waals surface area contributed by atoms with Gasteiger partial charge in [-0.3, -0.25) is 4.79 Å². The third-order valence-corrected chi connectivity index (χ3v) is 5.21. The van der Waals surface area contributed by atoms with Crippen LogP contribution in [0.15, 0.2) is 48.7 Å². The summed E-state index contributed by atoms with van der Waals surface area (Å²) in [5.74, 6) is 0.489. The van der Waals surface area contributed by atoms with Crippen molar-refractivity contribution in [3.8, 4) is 0 Å². The highest BCUT2D eigenvalue weighted by atomic mass is 35.5. The average molecular weight is 383 g/mol. The average Bonchev–Trinajstić information content (AvgIpc) is 3.09. The molecular weight excluding hydrogens is 356 g/mol. The Kier molecular flexibility index (Phi) is 6.22. The molecule has 0 aliphatic rings. The van der Waals surface area contributed by atoms with Crippen LogP contribution in [-0.2, 0) is 11.2 Å². The Morgan fingerprint density at radius 3 is 2.56 bits per heavy atom. The van der Waals surface area contributed by atoms with E-state index in [0.29, 0.717) is 23.9 Å². The van der Waals surface area contributed by atoms with Gasteiger partial charge < -0.3 is 10.3 Å². The molecule has 3 aromatic rings. The lowest BCUT2D eigenvalue weighted by atomic mass is 9.87. The molecule has 1 atom stereocenters. The van der Waals surface area contributed by atoms with Crippen LogP contribution in [0.2, 0.25) is 5.02 Å². The summed E-state index contributed by atoms with van der Waals surface area (Å²) < 4.78 is 0. The number of carbonyl (C=O) groups excluding carboxylic acids is 1. The van der Waals surface area contributed by atoms with E-state index in [2.05, 4.69) is 55.5 Å². The largest absolute Gasteiger partial charge is 0.361 e. The summed E-state index contributed by atoms with van der Waals surface area (Å²) in [6.45, 7) is 7.05. The smallest absolute Gasteiger partial charge is 0.220 e. The van der Waals surface area contributed by atoms with Gasteiger partial charge in [-0.15, -0.1) is 0 Å². The first-order chi connectivity index (χ1) is 13.0. The van der Waals surface area contributed by atoms with Crippen LogP contribution in [-0.4, -0.2) is 17.4 Å². The van der Waals surface area contributed by atoms with Gasteiger partial charge in [0.15, 0.2) is 0 Å². The SMILES string of the molecule is CCc1cccc2c(C(CC(=O)NCC(C)C)c3ccc(Cl)cc3)c[nH]c12. The number of rotatable bonds is 7. The summed E-state index contributed by atoms with van der Waals surface area (Å²) in [6.07, 6.45) is 3.44. The Morgan fingerprint density at radius 1 is 1.15 bits per heavy atom. The number of aryl methyl sites for hydroxylation is 1. The summed E-state index contributed by atoms with van der Waals surface area (Å²) in [6, 6.07) is 14.2. The van der Waals surface area contributed by atoms with Crippen molar-refractivity contribution in [3.05, 3.63) is 70.4 Å². The van der Waals surface area contributed by atoms with Crippen molar-refractivity contribution in [3.63, 3.8) is 0 Å². The summed E-state index contributed by atoms with van der Waals surface area (Å²) in [5, 5.41) is 4.94.